The number of hydrogen-bond donors (Lipinski definition) is 2. The lowest BCUT2D eigenvalue weighted by molar-refractivity contribution is -0.144. The second-order valence-corrected chi connectivity index (χ2v) is 3.44. The van der Waals surface area contributed by atoms with Crippen molar-refractivity contribution in [2.45, 2.75) is 19.4 Å². The zero-order valence-corrected chi connectivity index (χ0v) is 9.73. The molecule has 0 unspecified atom stereocenters. The summed E-state index contributed by atoms with van der Waals surface area (Å²) in [6.07, 6.45) is 0.833. The molecule has 1 heterocycles. The number of ether oxygens (including phenoxy) is 1. The molecule has 1 rings (SSSR count). The Morgan fingerprint density at radius 3 is 2.67 bits per heavy atom. The van der Waals surface area contributed by atoms with Crippen LogP contribution in [0.25, 0.3) is 0 Å². The minimum Gasteiger partial charge on any atom is -0.467 e. The molecule has 6 heteroatoms. The standard InChI is InChI=1S/C9H16N2O3.ClH/c1-6(9(13)14-2)11-8(12)7-3-4-10-5-7;/h6-7,10H,3-5H2,1-2H3,(H,11,12);1H/t6-,7+;/m1./s1. The van der Waals surface area contributed by atoms with Crippen LogP contribution in [0.2, 0.25) is 0 Å². The average molecular weight is 237 g/mol. The van der Waals surface area contributed by atoms with Crippen molar-refractivity contribution in [1.29, 1.82) is 0 Å². The normalized spacial score (nSPS) is 21.3. The maximum Gasteiger partial charge on any atom is 0.328 e. The van der Waals surface area contributed by atoms with Crippen LogP contribution in [-0.4, -0.2) is 38.1 Å². The van der Waals surface area contributed by atoms with Crippen LogP contribution in [0.4, 0.5) is 0 Å². The third kappa shape index (κ3) is 4.05. The monoisotopic (exact) mass is 236 g/mol. The summed E-state index contributed by atoms with van der Waals surface area (Å²) in [5.41, 5.74) is 0. The molecule has 0 aromatic heterocycles. The van der Waals surface area contributed by atoms with Crippen LogP contribution >= 0.6 is 12.4 Å². The third-order valence-electron chi connectivity index (χ3n) is 2.34. The highest BCUT2D eigenvalue weighted by Gasteiger charge is 2.25. The lowest BCUT2D eigenvalue weighted by Gasteiger charge is -2.14. The van der Waals surface area contributed by atoms with Gasteiger partial charge in [0.15, 0.2) is 0 Å². The van der Waals surface area contributed by atoms with Gasteiger partial charge in [-0.1, -0.05) is 0 Å². The molecule has 15 heavy (non-hydrogen) atoms. The third-order valence-corrected chi connectivity index (χ3v) is 2.34. The molecule has 0 aliphatic carbocycles. The smallest absolute Gasteiger partial charge is 0.328 e. The van der Waals surface area contributed by atoms with Crippen molar-refractivity contribution >= 4 is 24.3 Å². The molecular weight excluding hydrogens is 220 g/mol. The molecule has 0 aromatic carbocycles. The summed E-state index contributed by atoms with van der Waals surface area (Å²) < 4.78 is 4.51. The van der Waals surface area contributed by atoms with Crippen LogP contribution in [0, 0.1) is 5.92 Å². The molecule has 0 radical (unpaired) electrons. The van der Waals surface area contributed by atoms with Crippen LogP contribution in [0.1, 0.15) is 13.3 Å². The molecule has 1 aliphatic rings. The van der Waals surface area contributed by atoms with Gasteiger partial charge in [-0.05, 0) is 19.9 Å². The minimum absolute atomic E-state index is 0. The van der Waals surface area contributed by atoms with Gasteiger partial charge in [0.05, 0.1) is 13.0 Å². The summed E-state index contributed by atoms with van der Waals surface area (Å²) in [7, 11) is 1.31. The molecular formula is C9H17ClN2O3. The van der Waals surface area contributed by atoms with E-state index in [0.717, 1.165) is 13.0 Å². The molecule has 2 N–H and O–H groups in total. The Balaban J connectivity index is 0.00000196. The van der Waals surface area contributed by atoms with E-state index in [1.165, 1.54) is 7.11 Å². The zero-order valence-electron chi connectivity index (χ0n) is 8.91. The number of halogens is 1. The van der Waals surface area contributed by atoms with Crippen molar-refractivity contribution in [2.75, 3.05) is 20.2 Å². The van der Waals surface area contributed by atoms with E-state index in [2.05, 4.69) is 15.4 Å². The Morgan fingerprint density at radius 2 is 2.20 bits per heavy atom. The lowest BCUT2D eigenvalue weighted by atomic mass is 10.1. The minimum atomic E-state index is -0.562. The van der Waals surface area contributed by atoms with Gasteiger partial charge in [0, 0.05) is 6.54 Å². The molecule has 0 aromatic rings. The first kappa shape index (κ1) is 14.2. The number of amides is 1. The van der Waals surface area contributed by atoms with E-state index in [1.807, 2.05) is 0 Å². The van der Waals surface area contributed by atoms with E-state index in [-0.39, 0.29) is 24.2 Å². The average Bonchev–Trinajstić information content (AvgIpc) is 2.69. The number of carbonyl (C=O) groups is 2. The Bertz CT molecular complexity index is 229. The largest absolute Gasteiger partial charge is 0.467 e. The molecule has 0 spiro atoms. The highest BCUT2D eigenvalue weighted by Crippen LogP contribution is 2.07. The van der Waals surface area contributed by atoms with Gasteiger partial charge in [0.1, 0.15) is 6.04 Å². The highest BCUT2D eigenvalue weighted by atomic mass is 35.5. The Hall–Kier alpha value is -0.810. The van der Waals surface area contributed by atoms with E-state index >= 15 is 0 Å². The molecule has 1 saturated heterocycles. The summed E-state index contributed by atoms with van der Waals surface area (Å²) in [6.45, 7) is 3.18. The lowest BCUT2D eigenvalue weighted by Crippen LogP contribution is -2.42. The SMILES string of the molecule is COC(=O)[C@@H](C)NC(=O)[C@H]1CCNC1.Cl. The Labute approximate surface area is 95.3 Å². The summed E-state index contributed by atoms with van der Waals surface area (Å²) in [4.78, 5) is 22.5. The van der Waals surface area contributed by atoms with Gasteiger partial charge in [0.25, 0.3) is 0 Å². The van der Waals surface area contributed by atoms with Crippen molar-refractivity contribution in [3.8, 4) is 0 Å². The number of rotatable bonds is 3. The predicted octanol–water partition coefficient (Wildman–Crippen LogP) is -0.305. The maximum absolute atomic E-state index is 11.5. The van der Waals surface area contributed by atoms with E-state index in [4.69, 9.17) is 0 Å². The second-order valence-electron chi connectivity index (χ2n) is 3.44. The van der Waals surface area contributed by atoms with Gasteiger partial charge in [-0.25, -0.2) is 4.79 Å². The molecule has 1 fully saturated rings. The summed E-state index contributed by atoms with van der Waals surface area (Å²) in [5, 5.41) is 5.71. The van der Waals surface area contributed by atoms with E-state index in [1.54, 1.807) is 6.92 Å². The zero-order chi connectivity index (χ0) is 10.6. The van der Waals surface area contributed by atoms with Gasteiger partial charge >= 0.3 is 5.97 Å². The second kappa shape index (κ2) is 6.63. The summed E-state index contributed by atoms with van der Waals surface area (Å²) in [5.74, 6) is -0.501. The highest BCUT2D eigenvalue weighted by molar-refractivity contribution is 5.86. The topological polar surface area (TPSA) is 67.4 Å². The van der Waals surface area contributed by atoms with Gasteiger partial charge in [-0.3, -0.25) is 4.79 Å². The van der Waals surface area contributed by atoms with E-state index in [0.29, 0.717) is 6.54 Å². The van der Waals surface area contributed by atoms with Crippen LogP contribution in [0.3, 0.4) is 0 Å². The molecule has 1 amide bonds. The molecule has 2 atom stereocenters. The van der Waals surface area contributed by atoms with Crippen LogP contribution in [0.15, 0.2) is 0 Å². The first-order valence-electron chi connectivity index (χ1n) is 4.74. The van der Waals surface area contributed by atoms with Crippen molar-refractivity contribution < 1.29 is 14.3 Å². The maximum atomic E-state index is 11.5. The summed E-state index contributed by atoms with van der Waals surface area (Å²) in [6, 6.07) is -0.562. The van der Waals surface area contributed by atoms with Gasteiger partial charge < -0.3 is 15.4 Å². The van der Waals surface area contributed by atoms with Crippen molar-refractivity contribution in [1.82, 2.24) is 10.6 Å². The van der Waals surface area contributed by atoms with Crippen LogP contribution in [-0.2, 0) is 14.3 Å². The number of carbonyl (C=O) groups excluding carboxylic acids is 2. The molecule has 88 valence electrons. The van der Waals surface area contributed by atoms with Crippen LogP contribution in [0.5, 0.6) is 0 Å². The van der Waals surface area contributed by atoms with E-state index in [9.17, 15) is 9.59 Å². The van der Waals surface area contributed by atoms with Gasteiger partial charge in [-0.2, -0.15) is 0 Å². The first-order chi connectivity index (χ1) is 6.65. The fourth-order valence-corrected chi connectivity index (χ4v) is 1.45. The Morgan fingerprint density at radius 1 is 1.53 bits per heavy atom. The first-order valence-corrected chi connectivity index (χ1v) is 4.74. The fraction of sp³-hybridized carbons (Fsp3) is 0.778. The van der Waals surface area contributed by atoms with Crippen molar-refractivity contribution in [2.24, 2.45) is 5.92 Å². The summed E-state index contributed by atoms with van der Waals surface area (Å²) >= 11 is 0. The van der Waals surface area contributed by atoms with Crippen LogP contribution < -0.4 is 10.6 Å². The molecule has 0 bridgehead atoms. The number of methoxy groups -OCH3 is 1. The Kier molecular flexibility index (Phi) is 6.27. The predicted molar refractivity (Wildman–Crippen MR) is 57.8 cm³/mol. The van der Waals surface area contributed by atoms with E-state index < -0.39 is 12.0 Å². The van der Waals surface area contributed by atoms with Gasteiger partial charge in [0.2, 0.25) is 5.91 Å². The molecule has 0 saturated carbocycles. The van der Waals surface area contributed by atoms with Gasteiger partial charge in [-0.15, -0.1) is 12.4 Å². The van der Waals surface area contributed by atoms with Crippen molar-refractivity contribution in [3.05, 3.63) is 0 Å². The number of esters is 1. The number of nitrogens with one attached hydrogen (secondary N) is 2. The fourth-order valence-electron chi connectivity index (χ4n) is 1.45. The number of hydrogen-bond acceptors (Lipinski definition) is 4. The molecule has 1 aliphatic heterocycles. The van der Waals surface area contributed by atoms with Crippen molar-refractivity contribution in [3.63, 3.8) is 0 Å². The molecule has 5 nitrogen and oxygen atoms in total. The quantitative estimate of drug-likeness (QED) is 0.660.